The van der Waals surface area contributed by atoms with Crippen molar-refractivity contribution >= 4 is 23.2 Å². The number of aliphatic hydroxyl groups excluding tert-OH is 1. The van der Waals surface area contributed by atoms with E-state index in [2.05, 4.69) is 22.0 Å². The number of likely N-dealkylation sites (tertiary alicyclic amines) is 1. The Kier molecular flexibility index (Phi) is 6.97. The van der Waals surface area contributed by atoms with Gasteiger partial charge in [-0.15, -0.1) is 0 Å². The van der Waals surface area contributed by atoms with E-state index in [4.69, 9.17) is 9.90 Å². The van der Waals surface area contributed by atoms with Gasteiger partial charge in [0.25, 0.3) is 6.47 Å². The Hall–Kier alpha value is -3.03. The zero-order chi connectivity index (χ0) is 21.7. The van der Waals surface area contributed by atoms with Gasteiger partial charge in [-0.1, -0.05) is 18.2 Å². The number of carbonyl (C=O) groups is 2. The lowest BCUT2D eigenvalue weighted by atomic mass is 9.94. The molecule has 1 aromatic carbocycles. The summed E-state index contributed by atoms with van der Waals surface area (Å²) in [4.78, 5) is 26.7. The average Bonchev–Trinajstić information content (AvgIpc) is 3.25. The van der Waals surface area contributed by atoms with Crippen molar-refractivity contribution in [2.24, 2.45) is 13.0 Å². The normalized spacial score (nSPS) is 18.8. The molecule has 4 rings (SSSR count). The first kappa shape index (κ1) is 21.7. The Balaban J connectivity index is 0.000000806. The van der Waals surface area contributed by atoms with Crippen molar-refractivity contribution in [3.63, 3.8) is 0 Å². The summed E-state index contributed by atoms with van der Waals surface area (Å²) in [6.07, 6.45) is 4.23. The van der Waals surface area contributed by atoms with Gasteiger partial charge in [0, 0.05) is 61.6 Å². The maximum atomic E-state index is 11.6. The largest absolute Gasteiger partial charge is 0.483 e. The zero-order valence-corrected chi connectivity index (χ0v) is 17.2. The lowest BCUT2D eigenvalue weighted by Gasteiger charge is -2.16. The monoisotopic (exact) mass is 409 g/mol. The molecule has 7 nitrogen and oxygen atoms in total. The smallest absolute Gasteiger partial charge is 0.290 e. The van der Waals surface area contributed by atoms with Gasteiger partial charge in [-0.3, -0.25) is 19.5 Å². The molecular weight excluding hydrogens is 382 g/mol. The van der Waals surface area contributed by atoms with Gasteiger partial charge in [0.2, 0.25) is 0 Å². The number of aromatic nitrogens is 2. The molecule has 0 unspecified atom stereocenters. The fraction of sp³-hybridized carbons (Fsp3) is 0.348. The summed E-state index contributed by atoms with van der Waals surface area (Å²) in [6, 6.07) is 12.2. The van der Waals surface area contributed by atoms with Gasteiger partial charge in [-0.25, -0.2) is 0 Å². The number of nitrogens with zero attached hydrogens (tertiary/aromatic N) is 3. The van der Waals surface area contributed by atoms with Crippen LogP contribution in [0.15, 0.2) is 48.8 Å². The Morgan fingerprint density at radius 1 is 1.27 bits per heavy atom. The molecule has 1 aliphatic heterocycles. The summed E-state index contributed by atoms with van der Waals surface area (Å²) < 4.78 is 2.01. The second-order valence-electron chi connectivity index (χ2n) is 7.71. The van der Waals surface area contributed by atoms with Crippen LogP contribution in [-0.4, -0.2) is 56.1 Å². The minimum absolute atomic E-state index is 0.0840. The van der Waals surface area contributed by atoms with Crippen molar-refractivity contribution in [2.75, 3.05) is 13.1 Å². The highest BCUT2D eigenvalue weighted by Gasteiger charge is 2.32. The van der Waals surface area contributed by atoms with Crippen LogP contribution in [0.5, 0.6) is 0 Å². The first-order chi connectivity index (χ1) is 14.4. The van der Waals surface area contributed by atoms with E-state index in [0.717, 1.165) is 36.3 Å². The van der Waals surface area contributed by atoms with Crippen molar-refractivity contribution in [3.8, 4) is 0 Å². The zero-order valence-electron chi connectivity index (χ0n) is 17.2. The van der Waals surface area contributed by atoms with Crippen molar-refractivity contribution < 1.29 is 19.8 Å². The molecule has 0 aliphatic carbocycles. The fourth-order valence-corrected chi connectivity index (χ4v) is 4.08. The molecule has 3 heterocycles. The van der Waals surface area contributed by atoms with E-state index in [1.807, 2.05) is 48.3 Å². The van der Waals surface area contributed by atoms with Crippen molar-refractivity contribution in [2.45, 2.75) is 26.0 Å². The summed E-state index contributed by atoms with van der Waals surface area (Å²) in [5, 5.41) is 18.7. The van der Waals surface area contributed by atoms with E-state index in [-0.39, 0.29) is 24.3 Å². The van der Waals surface area contributed by atoms with Crippen LogP contribution in [0.4, 0.5) is 0 Å². The fourth-order valence-electron chi connectivity index (χ4n) is 4.08. The van der Waals surface area contributed by atoms with Crippen LogP contribution in [-0.2, 0) is 24.8 Å². The Morgan fingerprint density at radius 2 is 2.00 bits per heavy atom. The molecule has 7 heteroatoms. The number of Topliss-reactive ketones (excluding diaryl/α,β-unsaturated/α-hetero) is 1. The van der Waals surface area contributed by atoms with E-state index >= 15 is 0 Å². The van der Waals surface area contributed by atoms with Gasteiger partial charge in [0.05, 0.1) is 11.6 Å². The Morgan fingerprint density at radius 3 is 2.70 bits per heavy atom. The van der Waals surface area contributed by atoms with Gasteiger partial charge in [0.15, 0.2) is 5.78 Å². The topological polar surface area (TPSA) is 95.7 Å². The number of fused-ring (bicyclic) bond motifs is 1. The van der Waals surface area contributed by atoms with Crippen molar-refractivity contribution in [1.82, 2.24) is 14.5 Å². The third kappa shape index (κ3) is 4.93. The molecule has 3 aromatic rings. The number of para-hydroxylation sites is 1. The van der Waals surface area contributed by atoms with E-state index < -0.39 is 0 Å². The highest BCUT2D eigenvalue weighted by molar-refractivity contribution is 5.94. The Bertz CT molecular complexity index is 1020. The first-order valence-corrected chi connectivity index (χ1v) is 9.90. The number of ketones is 1. The highest BCUT2D eigenvalue weighted by atomic mass is 16.3. The number of pyridine rings is 1. The molecule has 0 spiro atoms. The lowest BCUT2D eigenvalue weighted by Crippen LogP contribution is -2.22. The Labute approximate surface area is 175 Å². The number of aliphatic hydroxyl groups is 1. The number of rotatable bonds is 5. The predicted octanol–water partition coefficient (Wildman–Crippen LogP) is 2.51. The summed E-state index contributed by atoms with van der Waals surface area (Å²) >= 11 is 0. The molecule has 1 fully saturated rings. The maximum absolute atomic E-state index is 11.6. The number of hydrogen-bond donors (Lipinski definition) is 2. The average molecular weight is 409 g/mol. The van der Waals surface area contributed by atoms with E-state index in [0.29, 0.717) is 6.54 Å². The van der Waals surface area contributed by atoms with Crippen LogP contribution in [0.25, 0.3) is 10.9 Å². The maximum Gasteiger partial charge on any atom is 0.290 e. The second-order valence-corrected chi connectivity index (χ2v) is 7.71. The van der Waals surface area contributed by atoms with Crippen LogP contribution < -0.4 is 0 Å². The van der Waals surface area contributed by atoms with Crippen LogP contribution in [0.1, 0.15) is 28.5 Å². The lowest BCUT2D eigenvalue weighted by molar-refractivity contribution is -0.122. The van der Waals surface area contributed by atoms with Gasteiger partial charge in [0.1, 0.15) is 0 Å². The number of β-amino-alcohol motifs (C(OH)–C–C–N with tert-alkyl or cyclic N) is 1. The summed E-state index contributed by atoms with van der Waals surface area (Å²) in [5.74, 6) is 0.282. The van der Waals surface area contributed by atoms with Crippen molar-refractivity contribution in [1.29, 1.82) is 0 Å². The van der Waals surface area contributed by atoms with E-state index in [1.165, 1.54) is 10.9 Å². The predicted molar refractivity (Wildman–Crippen MR) is 114 cm³/mol. The van der Waals surface area contributed by atoms with Gasteiger partial charge in [-0.05, 0) is 37.1 Å². The van der Waals surface area contributed by atoms with E-state index in [1.54, 1.807) is 6.92 Å². The molecule has 0 amide bonds. The SMILES string of the molecule is CC(=O)c1cc(CN2C[C@@H](Cc3ccnc4ccccc34)[C@@H](O)C2)n(C)c1.O=CO. The van der Waals surface area contributed by atoms with Crippen LogP contribution >= 0.6 is 0 Å². The third-order valence-electron chi connectivity index (χ3n) is 5.60. The molecule has 0 saturated carbocycles. The number of carboxylic acid groups (broad SMARTS) is 1. The van der Waals surface area contributed by atoms with Gasteiger partial charge < -0.3 is 14.8 Å². The number of carbonyl (C=O) groups excluding carboxylic acids is 1. The van der Waals surface area contributed by atoms with Crippen LogP contribution in [0.2, 0.25) is 0 Å². The number of aryl methyl sites for hydroxylation is 1. The number of benzene rings is 1. The molecular formula is C23H27N3O4. The number of hydrogen-bond acceptors (Lipinski definition) is 5. The van der Waals surface area contributed by atoms with Gasteiger partial charge >= 0.3 is 0 Å². The van der Waals surface area contributed by atoms with Crippen molar-refractivity contribution in [3.05, 3.63) is 65.6 Å². The quantitative estimate of drug-likeness (QED) is 0.497. The standard InChI is InChI=1S/C22H25N3O2.CH2O2/c1-15(26)17-10-19(24(2)11-17)13-25-12-18(22(27)14-25)9-16-7-8-23-21-6-4-3-5-20(16)21;2-1-3/h3-8,10-11,18,22,27H,9,12-14H2,1-2H3;1H,(H,2,3)/t18-,22+;/m1./s1. The molecule has 1 aliphatic rings. The molecule has 2 aromatic heterocycles. The molecule has 0 bridgehead atoms. The molecule has 30 heavy (non-hydrogen) atoms. The molecule has 2 atom stereocenters. The summed E-state index contributed by atoms with van der Waals surface area (Å²) in [6.45, 7) is 3.59. The molecule has 2 N–H and O–H groups in total. The summed E-state index contributed by atoms with van der Waals surface area (Å²) in [7, 11) is 1.97. The summed E-state index contributed by atoms with van der Waals surface area (Å²) in [5.41, 5.74) is 4.08. The third-order valence-corrected chi connectivity index (χ3v) is 5.60. The first-order valence-electron chi connectivity index (χ1n) is 9.90. The molecule has 1 saturated heterocycles. The van der Waals surface area contributed by atoms with Crippen LogP contribution in [0, 0.1) is 5.92 Å². The molecule has 0 radical (unpaired) electrons. The second kappa shape index (κ2) is 9.65. The minimum Gasteiger partial charge on any atom is -0.483 e. The van der Waals surface area contributed by atoms with Gasteiger partial charge in [-0.2, -0.15) is 0 Å². The van der Waals surface area contributed by atoms with E-state index in [9.17, 15) is 9.90 Å². The molecule has 158 valence electrons. The minimum atomic E-state index is -0.343. The highest BCUT2D eigenvalue weighted by Crippen LogP contribution is 2.26. The van der Waals surface area contributed by atoms with Crippen LogP contribution in [0.3, 0.4) is 0 Å².